The van der Waals surface area contributed by atoms with Crippen molar-refractivity contribution in [2.24, 2.45) is 0 Å². The molecule has 2 N–H and O–H groups in total. The highest BCUT2D eigenvalue weighted by Gasteiger charge is 2.12. The molecular formula is C10H10ClNO4. The fraction of sp³-hybridized carbons (Fsp3) is 0.200. The van der Waals surface area contributed by atoms with Crippen LogP contribution in [0.5, 0.6) is 5.75 Å². The molecule has 0 spiro atoms. The monoisotopic (exact) mass is 243 g/mol. The molecule has 0 radical (unpaired) electrons. The van der Waals surface area contributed by atoms with Crippen LogP contribution in [0.2, 0.25) is 0 Å². The van der Waals surface area contributed by atoms with Gasteiger partial charge in [-0.25, -0.2) is 4.79 Å². The van der Waals surface area contributed by atoms with Crippen LogP contribution in [0.25, 0.3) is 0 Å². The third kappa shape index (κ3) is 2.87. The molecule has 0 bridgehead atoms. The van der Waals surface area contributed by atoms with Gasteiger partial charge in [0.25, 0.3) is 0 Å². The van der Waals surface area contributed by atoms with E-state index in [-0.39, 0.29) is 17.2 Å². The molecule has 0 fully saturated rings. The lowest BCUT2D eigenvalue weighted by molar-refractivity contribution is -0.113. The minimum atomic E-state index is -0.681. The normalized spacial score (nSPS) is 9.62. The summed E-state index contributed by atoms with van der Waals surface area (Å²) in [6.07, 6.45) is 0. The van der Waals surface area contributed by atoms with Gasteiger partial charge in [0, 0.05) is 5.69 Å². The number of amides is 1. The molecule has 0 saturated carbocycles. The Morgan fingerprint density at radius 3 is 2.75 bits per heavy atom. The maximum Gasteiger partial charge on any atom is 0.341 e. The van der Waals surface area contributed by atoms with Crippen molar-refractivity contribution in [2.45, 2.75) is 0 Å². The maximum atomic E-state index is 11.2. The number of methoxy groups -OCH3 is 1. The van der Waals surface area contributed by atoms with Crippen molar-refractivity contribution in [3.05, 3.63) is 23.8 Å². The summed E-state index contributed by atoms with van der Waals surface area (Å²) in [5, 5.41) is 11.8. The van der Waals surface area contributed by atoms with Crippen LogP contribution >= 0.6 is 11.6 Å². The number of carbonyl (C=O) groups is 2. The van der Waals surface area contributed by atoms with Crippen molar-refractivity contribution in [2.75, 3.05) is 18.3 Å². The van der Waals surface area contributed by atoms with Gasteiger partial charge < -0.3 is 15.2 Å². The molecule has 1 rings (SSSR count). The highest BCUT2D eigenvalue weighted by Crippen LogP contribution is 2.22. The quantitative estimate of drug-likeness (QED) is 0.477. The van der Waals surface area contributed by atoms with Crippen molar-refractivity contribution >= 4 is 29.2 Å². The van der Waals surface area contributed by atoms with E-state index in [4.69, 9.17) is 11.6 Å². The summed E-state index contributed by atoms with van der Waals surface area (Å²) < 4.78 is 4.47. The van der Waals surface area contributed by atoms with Crippen LogP contribution in [0.4, 0.5) is 5.69 Å². The third-order valence-electron chi connectivity index (χ3n) is 1.81. The topological polar surface area (TPSA) is 75.6 Å². The number of rotatable bonds is 3. The minimum absolute atomic E-state index is 0.0186. The van der Waals surface area contributed by atoms with Crippen molar-refractivity contribution < 1.29 is 19.4 Å². The minimum Gasteiger partial charge on any atom is -0.507 e. The Morgan fingerprint density at radius 1 is 1.50 bits per heavy atom. The van der Waals surface area contributed by atoms with Crippen LogP contribution in [-0.2, 0) is 9.53 Å². The molecule has 16 heavy (non-hydrogen) atoms. The first-order valence-corrected chi connectivity index (χ1v) is 4.89. The first-order valence-electron chi connectivity index (χ1n) is 4.35. The first-order chi connectivity index (χ1) is 7.58. The number of nitrogens with one attached hydrogen (secondary N) is 1. The number of esters is 1. The molecule has 6 heteroatoms. The predicted octanol–water partition coefficient (Wildman–Crippen LogP) is 1.36. The van der Waals surface area contributed by atoms with Gasteiger partial charge in [-0.05, 0) is 18.2 Å². The smallest absolute Gasteiger partial charge is 0.341 e. The van der Waals surface area contributed by atoms with E-state index in [9.17, 15) is 14.7 Å². The summed E-state index contributed by atoms with van der Waals surface area (Å²) in [6.45, 7) is 0. The van der Waals surface area contributed by atoms with Gasteiger partial charge in [0.1, 0.15) is 17.2 Å². The number of hydrogen-bond acceptors (Lipinski definition) is 4. The lowest BCUT2D eigenvalue weighted by Crippen LogP contribution is -2.13. The highest BCUT2D eigenvalue weighted by atomic mass is 35.5. The van der Waals surface area contributed by atoms with Crippen LogP contribution < -0.4 is 5.32 Å². The largest absolute Gasteiger partial charge is 0.507 e. The van der Waals surface area contributed by atoms with E-state index < -0.39 is 11.9 Å². The molecule has 0 heterocycles. The molecule has 1 aromatic rings. The van der Waals surface area contributed by atoms with E-state index in [2.05, 4.69) is 10.1 Å². The first kappa shape index (κ1) is 12.3. The summed E-state index contributed by atoms with van der Waals surface area (Å²) in [6, 6.07) is 4.05. The number of anilines is 1. The summed E-state index contributed by atoms with van der Waals surface area (Å²) in [5.41, 5.74) is 0.346. The summed E-state index contributed by atoms with van der Waals surface area (Å²) >= 11 is 5.31. The van der Waals surface area contributed by atoms with Crippen LogP contribution in [0.3, 0.4) is 0 Å². The SMILES string of the molecule is COC(=O)c1cc(NC(=O)CCl)ccc1O. The zero-order chi connectivity index (χ0) is 12.1. The fourth-order valence-corrected chi connectivity index (χ4v) is 1.15. The molecule has 0 aliphatic rings. The van der Waals surface area contributed by atoms with Crippen LogP contribution in [-0.4, -0.2) is 30.0 Å². The number of carbonyl (C=O) groups excluding carboxylic acids is 2. The molecule has 1 amide bonds. The van der Waals surface area contributed by atoms with Crippen molar-refractivity contribution in [1.29, 1.82) is 0 Å². The van der Waals surface area contributed by atoms with Gasteiger partial charge in [-0.3, -0.25) is 4.79 Å². The average Bonchev–Trinajstić information content (AvgIpc) is 2.30. The molecule has 0 unspecified atom stereocenters. The molecule has 0 saturated heterocycles. The molecule has 0 atom stereocenters. The molecule has 0 aromatic heterocycles. The molecule has 0 aliphatic heterocycles. The standard InChI is InChI=1S/C10H10ClNO4/c1-16-10(15)7-4-6(2-3-8(7)13)12-9(14)5-11/h2-4,13H,5H2,1H3,(H,12,14). The Morgan fingerprint density at radius 2 is 2.19 bits per heavy atom. The number of hydrogen-bond donors (Lipinski definition) is 2. The van der Waals surface area contributed by atoms with Gasteiger partial charge >= 0.3 is 5.97 Å². The highest BCUT2D eigenvalue weighted by molar-refractivity contribution is 6.29. The van der Waals surface area contributed by atoms with Crippen molar-refractivity contribution in [3.63, 3.8) is 0 Å². The average molecular weight is 244 g/mol. The van der Waals surface area contributed by atoms with E-state index >= 15 is 0 Å². The van der Waals surface area contributed by atoms with Crippen molar-refractivity contribution in [3.8, 4) is 5.75 Å². The number of ether oxygens (including phenoxy) is 1. The van der Waals surface area contributed by atoms with E-state index in [1.165, 1.54) is 25.3 Å². The number of aromatic hydroxyl groups is 1. The Kier molecular flexibility index (Phi) is 4.13. The molecule has 86 valence electrons. The second kappa shape index (κ2) is 5.37. The Hall–Kier alpha value is -1.75. The number of alkyl halides is 1. The zero-order valence-corrected chi connectivity index (χ0v) is 9.25. The van der Waals surface area contributed by atoms with E-state index in [0.29, 0.717) is 5.69 Å². The third-order valence-corrected chi connectivity index (χ3v) is 2.05. The summed E-state index contributed by atoms with van der Waals surface area (Å²) in [5.74, 6) is -1.48. The second-order valence-corrected chi connectivity index (χ2v) is 3.17. The Balaban J connectivity index is 2.98. The van der Waals surface area contributed by atoms with Gasteiger partial charge in [-0.15, -0.1) is 11.6 Å². The van der Waals surface area contributed by atoms with Gasteiger partial charge in [-0.2, -0.15) is 0 Å². The Bertz CT molecular complexity index is 419. The second-order valence-electron chi connectivity index (χ2n) is 2.91. The molecule has 5 nitrogen and oxygen atoms in total. The van der Waals surface area contributed by atoms with E-state index in [0.717, 1.165) is 0 Å². The fourth-order valence-electron chi connectivity index (χ4n) is 1.08. The lowest BCUT2D eigenvalue weighted by Gasteiger charge is -2.06. The lowest BCUT2D eigenvalue weighted by atomic mass is 10.2. The number of phenolic OH excluding ortho intramolecular Hbond substituents is 1. The summed E-state index contributed by atoms with van der Waals surface area (Å²) in [7, 11) is 1.20. The molecule has 0 aliphatic carbocycles. The maximum absolute atomic E-state index is 11.2. The van der Waals surface area contributed by atoms with E-state index in [1.807, 2.05) is 0 Å². The zero-order valence-electron chi connectivity index (χ0n) is 8.49. The van der Waals surface area contributed by atoms with Crippen LogP contribution in [0.1, 0.15) is 10.4 Å². The van der Waals surface area contributed by atoms with Gasteiger partial charge in [-0.1, -0.05) is 0 Å². The molecular weight excluding hydrogens is 234 g/mol. The molecule has 1 aromatic carbocycles. The van der Waals surface area contributed by atoms with E-state index in [1.54, 1.807) is 0 Å². The Labute approximate surface area is 97.0 Å². The number of benzene rings is 1. The number of halogens is 1. The predicted molar refractivity (Wildman–Crippen MR) is 58.8 cm³/mol. The van der Waals surface area contributed by atoms with Gasteiger partial charge in [0.2, 0.25) is 5.91 Å². The van der Waals surface area contributed by atoms with Crippen LogP contribution in [0.15, 0.2) is 18.2 Å². The van der Waals surface area contributed by atoms with Crippen molar-refractivity contribution in [1.82, 2.24) is 0 Å². The summed E-state index contributed by atoms with van der Waals surface area (Å²) in [4.78, 5) is 22.2. The number of phenols is 1. The van der Waals surface area contributed by atoms with Gasteiger partial charge in [0.05, 0.1) is 7.11 Å². The van der Waals surface area contributed by atoms with Gasteiger partial charge in [0.15, 0.2) is 0 Å². The van der Waals surface area contributed by atoms with Crippen LogP contribution in [0, 0.1) is 0 Å².